The molecule has 0 aliphatic carbocycles. The first-order valence-corrected chi connectivity index (χ1v) is 11.9. The van der Waals surface area contributed by atoms with Gasteiger partial charge in [0.2, 0.25) is 0 Å². The third-order valence-corrected chi connectivity index (χ3v) is 6.80. The molecule has 6 rings (SSSR count). The number of hydrogen-bond donors (Lipinski definition) is 0. The summed E-state index contributed by atoms with van der Waals surface area (Å²) in [7, 11) is 0. The minimum Gasteiger partial charge on any atom is -0.310 e. The van der Waals surface area contributed by atoms with E-state index in [-0.39, 0.29) is 5.41 Å². The van der Waals surface area contributed by atoms with Gasteiger partial charge in [0.1, 0.15) is 5.82 Å². The molecule has 0 bridgehead atoms. The van der Waals surface area contributed by atoms with Gasteiger partial charge in [0.25, 0.3) is 0 Å². The quantitative estimate of drug-likeness (QED) is 0.281. The summed E-state index contributed by atoms with van der Waals surface area (Å²) in [5, 5.41) is 0. The molecule has 170 valence electrons. The van der Waals surface area contributed by atoms with Gasteiger partial charge in [0.05, 0.1) is 11.4 Å². The van der Waals surface area contributed by atoms with E-state index in [1.807, 2.05) is 37.3 Å². The fraction of sp³-hybridized carbons (Fsp3) is 0.129. The van der Waals surface area contributed by atoms with Crippen molar-refractivity contribution in [2.75, 3.05) is 4.90 Å². The van der Waals surface area contributed by atoms with E-state index in [1.165, 1.54) is 22.5 Å². The largest absolute Gasteiger partial charge is 0.310 e. The van der Waals surface area contributed by atoms with Crippen LogP contribution in [0.2, 0.25) is 0 Å². The Morgan fingerprint density at radius 3 is 1.60 bits per heavy atom. The Labute approximate surface area is 206 Å². The SMILES string of the molecule is Cc1nc(-c2ccccc2)nc(-c2ccc(N3c4ccccc4C(C)(C)c4ccccc43)cc2)n1. The summed E-state index contributed by atoms with van der Waals surface area (Å²) < 4.78 is 0. The first-order chi connectivity index (χ1) is 17.0. The number of nitrogens with zero attached hydrogens (tertiary/aromatic N) is 4. The second kappa shape index (κ2) is 8.17. The molecule has 0 saturated carbocycles. The fourth-order valence-electron chi connectivity index (χ4n) is 5.03. The molecule has 0 atom stereocenters. The molecule has 1 aliphatic heterocycles. The van der Waals surface area contributed by atoms with Crippen molar-refractivity contribution in [2.45, 2.75) is 26.2 Å². The van der Waals surface area contributed by atoms with Gasteiger partial charge >= 0.3 is 0 Å². The van der Waals surface area contributed by atoms with E-state index >= 15 is 0 Å². The molecule has 1 aliphatic rings. The van der Waals surface area contributed by atoms with Crippen LogP contribution in [0.1, 0.15) is 30.8 Å². The highest BCUT2D eigenvalue weighted by Crippen LogP contribution is 2.51. The van der Waals surface area contributed by atoms with Crippen molar-refractivity contribution in [3.8, 4) is 22.8 Å². The third kappa shape index (κ3) is 3.58. The van der Waals surface area contributed by atoms with E-state index < -0.39 is 0 Å². The van der Waals surface area contributed by atoms with Gasteiger partial charge in [-0.3, -0.25) is 0 Å². The van der Waals surface area contributed by atoms with Crippen molar-refractivity contribution < 1.29 is 0 Å². The molecule has 2 heterocycles. The van der Waals surface area contributed by atoms with Gasteiger partial charge in [-0.1, -0.05) is 80.6 Å². The van der Waals surface area contributed by atoms with Gasteiger partial charge in [-0.05, 0) is 54.4 Å². The minimum absolute atomic E-state index is 0.0696. The summed E-state index contributed by atoms with van der Waals surface area (Å²) in [6.07, 6.45) is 0. The van der Waals surface area contributed by atoms with Crippen molar-refractivity contribution >= 4 is 17.1 Å². The minimum atomic E-state index is -0.0696. The van der Waals surface area contributed by atoms with E-state index in [2.05, 4.69) is 102 Å². The van der Waals surface area contributed by atoms with Gasteiger partial charge in [-0.2, -0.15) is 0 Å². The number of rotatable bonds is 3. The normalized spacial score (nSPS) is 13.7. The molecule has 4 aromatic carbocycles. The number of aromatic nitrogens is 3. The van der Waals surface area contributed by atoms with Gasteiger partial charge in [0, 0.05) is 22.2 Å². The summed E-state index contributed by atoms with van der Waals surface area (Å²) in [5.41, 5.74) is 8.07. The molecule has 1 aromatic heterocycles. The van der Waals surface area contributed by atoms with E-state index in [9.17, 15) is 0 Å². The standard InChI is InChI=1S/C31H26N4/c1-21-32-29(22-11-5-4-6-12-22)34-30(33-21)23-17-19-24(20-18-23)35-27-15-9-7-13-25(27)31(2,3)26-14-8-10-16-28(26)35/h4-20H,1-3H3. The molecule has 0 fully saturated rings. The number of hydrogen-bond acceptors (Lipinski definition) is 4. The molecule has 0 amide bonds. The first kappa shape index (κ1) is 21.2. The van der Waals surface area contributed by atoms with Crippen LogP contribution in [0.5, 0.6) is 0 Å². The van der Waals surface area contributed by atoms with Crippen LogP contribution in [0.3, 0.4) is 0 Å². The first-order valence-electron chi connectivity index (χ1n) is 11.9. The second-order valence-electron chi connectivity index (χ2n) is 9.44. The zero-order chi connectivity index (χ0) is 24.0. The molecule has 0 unspecified atom stereocenters. The van der Waals surface area contributed by atoms with Gasteiger partial charge in [-0.15, -0.1) is 0 Å². The number of aryl methyl sites for hydroxylation is 1. The Bertz CT molecular complexity index is 1470. The summed E-state index contributed by atoms with van der Waals surface area (Å²) in [6, 6.07) is 35.9. The van der Waals surface area contributed by atoms with E-state index in [0.717, 1.165) is 16.8 Å². The van der Waals surface area contributed by atoms with Crippen LogP contribution in [0.15, 0.2) is 103 Å². The van der Waals surface area contributed by atoms with Crippen LogP contribution >= 0.6 is 0 Å². The lowest BCUT2D eigenvalue weighted by atomic mass is 9.73. The molecular weight excluding hydrogens is 428 g/mol. The molecule has 4 heteroatoms. The highest BCUT2D eigenvalue weighted by Gasteiger charge is 2.36. The third-order valence-electron chi connectivity index (χ3n) is 6.80. The highest BCUT2D eigenvalue weighted by atomic mass is 15.2. The van der Waals surface area contributed by atoms with Crippen molar-refractivity contribution in [3.05, 3.63) is 120 Å². The van der Waals surface area contributed by atoms with Crippen molar-refractivity contribution in [1.29, 1.82) is 0 Å². The Balaban J connectivity index is 1.43. The van der Waals surface area contributed by atoms with Crippen LogP contribution in [-0.2, 0) is 5.41 Å². The van der Waals surface area contributed by atoms with E-state index in [1.54, 1.807) is 0 Å². The lowest BCUT2D eigenvalue weighted by molar-refractivity contribution is 0.632. The molecule has 0 spiro atoms. The monoisotopic (exact) mass is 454 g/mol. The molecular formula is C31H26N4. The average molecular weight is 455 g/mol. The maximum Gasteiger partial charge on any atom is 0.163 e. The Morgan fingerprint density at radius 2 is 1.03 bits per heavy atom. The van der Waals surface area contributed by atoms with Crippen molar-refractivity contribution in [2.24, 2.45) is 0 Å². The Morgan fingerprint density at radius 1 is 0.543 bits per heavy atom. The lowest BCUT2D eigenvalue weighted by Gasteiger charge is -2.42. The molecule has 0 saturated heterocycles. The summed E-state index contributed by atoms with van der Waals surface area (Å²) in [5.74, 6) is 2.08. The maximum absolute atomic E-state index is 4.77. The van der Waals surface area contributed by atoms with Crippen LogP contribution in [-0.4, -0.2) is 15.0 Å². The van der Waals surface area contributed by atoms with E-state index in [4.69, 9.17) is 4.98 Å². The van der Waals surface area contributed by atoms with Crippen molar-refractivity contribution in [3.63, 3.8) is 0 Å². The summed E-state index contributed by atoms with van der Waals surface area (Å²) >= 11 is 0. The van der Waals surface area contributed by atoms with E-state index in [0.29, 0.717) is 17.5 Å². The zero-order valence-corrected chi connectivity index (χ0v) is 20.1. The van der Waals surface area contributed by atoms with Crippen LogP contribution in [0, 0.1) is 6.92 Å². The predicted molar refractivity (Wildman–Crippen MR) is 142 cm³/mol. The lowest BCUT2D eigenvalue weighted by Crippen LogP contribution is -2.30. The Hall–Kier alpha value is -4.31. The smallest absolute Gasteiger partial charge is 0.163 e. The fourth-order valence-corrected chi connectivity index (χ4v) is 5.03. The average Bonchev–Trinajstić information content (AvgIpc) is 2.89. The topological polar surface area (TPSA) is 41.9 Å². The number of anilines is 3. The molecule has 0 radical (unpaired) electrons. The summed E-state index contributed by atoms with van der Waals surface area (Å²) in [6.45, 7) is 6.52. The van der Waals surface area contributed by atoms with Crippen LogP contribution in [0.4, 0.5) is 17.1 Å². The Kier molecular flexibility index (Phi) is 4.96. The number of fused-ring (bicyclic) bond motifs is 2. The highest BCUT2D eigenvalue weighted by molar-refractivity contribution is 5.86. The van der Waals surface area contributed by atoms with Gasteiger partial charge in [-0.25, -0.2) is 15.0 Å². The molecule has 5 aromatic rings. The van der Waals surface area contributed by atoms with Gasteiger partial charge < -0.3 is 4.90 Å². The summed E-state index contributed by atoms with van der Waals surface area (Å²) in [4.78, 5) is 16.3. The molecule has 35 heavy (non-hydrogen) atoms. The van der Waals surface area contributed by atoms with Crippen LogP contribution < -0.4 is 4.90 Å². The maximum atomic E-state index is 4.77. The van der Waals surface area contributed by atoms with Gasteiger partial charge in [0.15, 0.2) is 11.6 Å². The molecule has 0 N–H and O–H groups in total. The molecule has 4 nitrogen and oxygen atoms in total. The van der Waals surface area contributed by atoms with Crippen molar-refractivity contribution in [1.82, 2.24) is 15.0 Å². The zero-order valence-electron chi connectivity index (χ0n) is 20.1. The number of benzene rings is 4. The van der Waals surface area contributed by atoms with Crippen LogP contribution in [0.25, 0.3) is 22.8 Å². The second-order valence-corrected chi connectivity index (χ2v) is 9.44. The predicted octanol–water partition coefficient (Wildman–Crippen LogP) is 7.62. The number of para-hydroxylation sites is 2.